The largest absolute Gasteiger partial charge is 0.466 e. The van der Waals surface area contributed by atoms with Crippen LogP contribution in [0.25, 0.3) is 0 Å². The lowest BCUT2D eigenvalue weighted by Gasteiger charge is -2.10. The van der Waals surface area contributed by atoms with E-state index in [2.05, 4.69) is 13.0 Å². The molecule has 0 radical (unpaired) electrons. The average Bonchev–Trinajstić information content (AvgIpc) is 2.62. The van der Waals surface area contributed by atoms with Gasteiger partial charge in [-0.1, -0.05) is 45.4 Å². The minimum atomic E-state index is 0.152. The van der Waals surface area contributed by atoms with E-state index in [1.54, 1.807) is 0 Å². The molecule has 0 saturated heterocycles. The lowest BCUT2D eigenvalue weighted by molar-refractivity contribution is 0.490. The SMILES string of the molecule is CCCCCCCCC(N)c1cc(C)oc1C. The summed E-state index contributed by atoms with van der Waals surface area (Å²) in [7, 11) is 0. The van der Waals surface area contributed by atoms with E-state index in [1.165, 1.54) is 44.1 Å². The Balaban J connectivity index is 2.21. The summed E-state index contributed by atoms with van der Waals surface area (Å²) in [6.07, 6.45) is 9.02. The summed E-state index contributed by atoms with van der Waals surface area (Å²) >= 11 is 0. The van der Waals surface area contributed by atoms with Gasteiger partial charge in [0.2, 0.25) is 0 Å². The first-order valence-electron chi connectivity index (χ1n) is 6.97. The van der Waals surface area contributed by atoms with Crippen LogP contribution in [0.4, 0.5) is 0 Å². The van der Waals surface area contributed by atoms with Crippen molar-refractivity contribution in [1.29, 1.82) is 0 Å². The Bertz CT molecular complexity index is 317. The van der Waals surface area contributed by atoms with Crippen molar-refractivity contribution in [2.45, 2.75) is 71.8 Å². The normalized spacial score (nSPS) is 12.9. The highest BCUT2D eigenvalue weighted by molar-refractivity contribution is 5.23. The molecule has 0 aliphatic rings. The zero-order valence-electron chi connectivity index (χ0n) is 11.6. The molecule has 1 atom stereocenters. The summed E-state index contributed by atoms with van der Waals surface area (Å²) in [5.74, 6) is 1.96. The summed E-state index contributed by atoms with van der Waals surface area (Å²) in [5.41, 5.74) is 7.38. The summed E-state index contributed by atoms with van der Waals surface area (Å²) in [6.45, 7) is 6.23. The van der Waals surface area contributed by atoms with Crippen molar-refractivity contribution in [3.8, 4) is 0 Å². The quantitative estimate of drug-likeness (QED) is 0.669. The van der Waals surface area contributed by atoms with Crippen molar-refractivity contribution in [3.63, 3.8) is 0 Å². The van der Waals surface area contributed by atoms with Crippen LogP contribution in [0.1, 0.15) is 75.0 Å². The summed E-state index contributed by atoms with van der Waals surface area (Å²) in [6, 6.07) is 2.23. The number of rotatable bonds is 8. The Kier molecular flexibility index (Phi) is 6.35. The van der Waals surface area contributed by atoms with Gasteiger partial charge in [-0.05, 0) is 26.3 Å². The second kappa shape index (κ2) is 7.54. The van der Waals surface area contributed by atoms with Gasteiger partial charge in [0.05, 0.1) is 0 Å². The Labute approximate surface area is 106 Å². The highest BCUT2D eigenvalue weighted by atomic mass is 16.3. The smallest absolute Gasteiger partial charge is 0.105 e. The lowest BCUT2D eigenvalue weighted by Crippen LogP contribution is -2.10. The minimum absolute atomic E-state index is 0.152. The topological polar surface area (TPSA) is 39.2 Å². The Hall–Kier alpha value is -0.760. The van der Waals surface area contributed by atoms with Crippen molar-refractivity contribution in [3.05, 3.63) is 23.2 Å². The average molecular weight is 237 g/mol. The van der Waals surface area contributed by atoms with E-state index < -0.39 is 0 Å². The fourth-order valence-corrected chi connectivity index (χ4v) is 2.32. The van der Waals surface area contributed by atoms with Crippen molar-refractivity contribution >= 4 is 0 Å². The zero-order chi connectivity index (χ0) is 12.7. The molecule has 0 bridgehead atoms. The van der Waals surface area contributed by atoms with Crippen LogP contribution in [-0.4, -0.2) is 0 Å². The predicted molar refractivity (Wildman–Crippen MR) is 73.1 cm³/mol. The van der Waals surface area contributed by atoms with Crippen molar-refractivity contribution in [2.24, 2.45) is 5.73 Å². The first-order chi connectivity index (χ1) is 8.15. The zero-order valence-corrected chi connectivity index (χ0v) is 11.6. The molecule has 2 heteroatoms. The molecule has 1 heterocycles. The summed E-state index contributed by atoms with van der Waals surface area (Å²) < 4.78 is 5.52. The van der Waals surface area contributed by atoms with Gasteiger partial charge in [0.1, 0.15) is 11.5 Å². The molecule has 0 aliphatic carbocycles. The molecular formula is C15H27NO. The molecule has 17 heavy (non-hydrogen) atoms. The first kappa shape index (κ1) is 14.3. The van der Waals surface area contributed by atoms with Crippen LogP contribution in [-0.2, 0) is 0 Å². The van der Waals surface area contributed by atoms with Crippen LogP contribution in [0.15, 0.2) is 10.5 Å². The highest BCUT2D eigenvalue weighted by Gasteiger charge is 2.12. The molecule has 1 aromatic rings. The van der Waals surface area contributed by atoms with E-state index in [9.17, 15) is 0 Å². The minimum Gasteiger partial charge on any atom is -0.466 e. The second-order valence-electron chi connectivity index (χ2n) is 5.03. The van der Waals surface area contributed by atoms with Gasteiger partial charge in [-0.15, -0.1) is 0 Å². The van der Waals surface area contributed by atoms with Gasteiger partial charge in [0.15, 0.2) is 0 Å². The molecule has 0 saturated carbocycles. The molecule has 0 spiro atoms. The standard InChI is InChI=1S/C15H27NO/c1-4-5-6-7-8-9-10-15(16)14-11-12(2)17-13(14)3/h11,15H,4-10,16H2,1-3H3. The number of furan rings is 1. The molecule has 0 amide bonds. The van der Waals surface area contributed by atoms with E-state index in [0.717, 1.165) is 17.9 Å². The van der Waals surface area contributed by atoms with Crippen LogP contribution in [0.2, 0.25) is 0 Å². The first-order valence-corrected chi connectivity index (χ1v) is 6.97. The fourth-order valence-electron chi connectivity index (χ4n) is 2.32. The van der Waals surface area contributed by atoms with E-state index in [1.807, 2.05) is 13.8 Å². The van der Waals surface area contributed by atoms with Gasteiger partial charge in [0, 0.05) is 11.6 Å². The molecule has 2 N–H and O–H groups in total. The van der Waals surface area contributed by atoms with E-state index >= 15 is 0 Å². The van der Waals surface area contributed by atoms with Gasteiger partial charge in [-0.3, -0.25) is 0 Å². The Morgan fingerprint density at radius 2 is 1.76 bits per heavy atom. The van der Waals surface area contributed by atoms with Crippen LogP contribution in [0.5, 0.6) is 0 Å². The summed E-state index contributed by atoms with van der Waals surface area (Å²) in [4.78, 5) is 0. The molecule has 1 rings (SSSR count). The summed E-state index contributed by atoms with van der Waals surface area (Å²) in [5, 5.41) is 0. The third-order valence-electron chi connectivity index (χ3n) is 3.35. The fraction of sp³-hybridized carbons (Fsp3) is 0.733. The van der Waals surface area contributed by atoms with Gasteiger partial charge in [0.25, 0.3) is 0 Å². The van der Waals surface area contributed by atoms with E-state index in [0.29, 0.717) is 0 Å². The molecule has 0 fully saturated rings. The third-order valence-corrected chi connectivity index (χ3v) is 3.35. The lowest BCUT2D eigenvalue weighted by atomic mass is 10.0. The van der Waals surface area contributed by atoms with Gasteiger partial charge in [-0.25, -0.2) is 0 Å². The van der Waals surface area contributed by atoms with Crippen molar-refractivity contribution in [1.82, 2.24) is 0 Å². The number of hydrogen-bond donors (Lipinski definition) is 1. The predicted octanol–water partition coefficient (Wildman–Crippen LogP) is 4.65. The van der Waals surface area contributed by atoms with Crippen LogP contribution in [0, 0.1) is 13.8 Å². The van der Waals surface area contributed by atoms with Crippen molar-refractivity contribution in [2.75, 3.05) is 0 Å². The number of unbranched alkanes of at least 4 members (excludes halogenated alkanes) is 5. The van der Waals surface area contributed by atoms with Crippen LogP contribution >= 0.6 is 0 Å². The van der Waals surface area contributed by atoms with E-state index in [-0.39, 0.29) is 6.04 Å². The van der Waals surface area contributed by atoms with E-state index in [4.69, 9.17) is 10.2 Å². The number of nitrogens with two attached hydrogens (primary N) is 1. The second-order valence-corrected chi connectivity index (χ2v) is 5.03. The molecule has 2 nitrogen and oxygen atoms in total. The van der Waals surface area contributed by atoms with Crippen LogP contribution < -0.4 is 5.73 Å². The van der Waals surface area contributed by atoms with Gasteiger partial charge in [-0.2, -0.15) is 0 Å². The van der Waals surface area contributed by atoms with Crippen molar-refractivity contribution < 1.29 is 4.42 Å². The monoisotopic (exact) mass is 237 g/mol. The molecule has 0 aliphatic heterocycles. The number of aryl methyl sites for hydroxylation is 2. The molecule has 98 valence electrons. The van der Waals surface area contributed by atoms with Gasteiger partial charge >= 0.3 is 0 Å². The third kappa shape index (κ3) is 4.95. The molecule has 0 aromatic carbocycles. The Morgan fingerprint density at radius 1 is 1.12 bits per heavy atom. The molecular weight excluding hydrogens is 210 g/mol. The molecule has 1 unspecified atom stereocenters. The number of hydrogen-bond acceptors (Lipinski definition) is 2. The molecule has 1 aromatic heterocycles. The highest BCUT2D eigenvalue weighted by Crippen LogP contribution is 2.24. The van der Waals surface area contributed by atoms with Gasteiger partial charge < -0.3 is 10.2 Å². The Morgan fingerprint density at radius 3 is 2.35 bits per heavy atom. The maximum Gasteiger partial charge on any atom is 0.105 e. The maximum atomic E-state index is 6.19. The van der Waals surface area contributed by atoms with Crippen LogP contribution in [0.3, 0.4) is 0 Å². The maximum absolute atomic E-state index is 6.19.